The molecule has 2 N–H and O–H groups in total. The van der Waals surface area contributed by atoms with Gasteiger partial charge in [-0.05, 0) is 25.0 Å². The van der Waals surface area contributed by atoms with E-state index in [0.29, 0.717) is 0 Å². The second-order valence-corrected chi connectivity index (χ2v) is 4.94. The summed E-state index contributed by atoms with van der Waals surface area (Å²) >= 11 is 0. The van der Waals surface area contributed by atoms with Crippen molar-refractivity contribution in [3.63, 3.8) is 0 Å². The van der Waals surface area contributed by atoms with Gasteiger partial charge in [-0.1, -0.05) is 72.8 Å². The highest BCUT2D eigenvalue weighted by molar-refractivity contribution is 5.60. The third-order valence-electron chi connectivity index (χ3n) is 2.97. The molecule has 0 bridgehead atoms. The molecule has 2 heteroatoms. The van der Waals surface area contributed by atoms with Crippen LogP contribution in [0.1, 0.15) is 25.0 Å². The Morgan fingerprint density at radius 3 is 1.80 bits per heavy atom. The van der Waals surface area contributed by atoms with Crippen LogP contribution in [0.25, 0.3) is 5.57 Å². The van der Waals surface area contributed by atoms with Crippen LogP contribution in [0.2, 0.25) is 0 Å². The van der Waals surface area contributed by atoms with Gasteiger partial charge in [-0.25, -0.2) is 0 Å². The van der Waals surface area contributed by atoms with E-state index in [1.807, 2.05) is 43.3 Å². The summed E-state index contributed by atoms with van der Waals surface area (Å²) in [6.07, 6.45) is 0. The number of allylic oxidation sites excluding steroid dienone is 1. The van der Waals surface area contributed by atoms with Crippen molar-refractivity contribution < 1.29 is 10.2 Å². The van der Waals surface area contributed by atoms with Crippen molar-refractivity contribution in [1.82, 2.24) is 0 Å². The first-order valence-electron chi connectivity index (χ1n) is 6.57. The van der Waals surface area contributed by atoms with Crippen LogP contribution in [0, 0.1) is 0 Å². The molecular formula is C18H22O2. The number of hydrogen-bond donors (Lipinski definition) is 2. The van der Waals surface area contributed by atoms with Crippen molar-refractivity contribution in [3.8, 4) is 0 Å². The standard InChI is InChI=1S/C9H12O2.C9H10/c1-9(11,7-10)8-5-3-2-4-6-8;1-8(2)9-6-4-3-5-7-9/h2-6,10-11H,7H2,1H3;3-7H,1H2,2H3. The maximum atomic E-state index is 9.54. The topological polar surface area (TPSA) is 40.5 Å². The van der Waals surface area contributed by atoms with Gasteiger partial charge in [-0.2, -0.15) is 0 Å². The van der Waals surface area contributed by atoms with E-state index in [2.05, 4.69) is 18.7 Å². The lowest BCUT2D eigenvalue weighted by Crippen LogP contribution is -2.25. The SMILES string of the molecule is C=C(C)c1ccccc1.CC(O)(CO)c1ccccc1. The molecule has 20 heavy (non-hydrogen) atoms. The van der Waals surface area contributed by atoms with E-state index in [4.69, 9.17) is 5.11 Å². The fourth-order valence-corrected chi connectivity index (χ4v) is 1.61. The first-order chi connectivity index (χ1) is 9.47. The zero-order valence-corrected chi connectivity index (χ0v) is 12.1. The number of aliphatic hydroxyl groups excluding tert-OH is 1. The quantitative estimate of drug-likeness (QED) is 0.894. The van der Waals surface area contributed by atoms with Gasteiger partial charge in [0, 0.05) is 0 Å². The second-order valence-electron chi connectivity index (χ2n) is 4.94. The van der Waals surface area contributed by atoms with Crippen LogP contribution in [0.15, 0.2) is 67.2 Å². The molecule has 0 aromatic heterocycles. The number of aliphatic hydroxyl groups is 2. The van der Waals surface area contributed by atoms with Gasteiger partial charge in [-0.15, -0.1) is 0 Å². The molecule has 0 fully saturated rings. The number of rotatable bonds is 3. The van der Waals surface area contributed by atoms with Gasteiger partial charge in [-0.3, -0.25) is 0 Å². The van der Waals surface area contributed by atoms with Crippen LogP contribution in [0.5, 0.6) is 0 Å². The Morgan fingerprint density at radius 2 is 1.45 bits per heavy atom. The molecule has 0 saturated heterocycles. The summed E-state index contributed by atoms with van der Waals surface area (Å²) in [5.74, 6) is 0. The Kier molecular flexibility index (Phi) is 6.16. The molecule has 0 aliphatic heterocycles. The van der Waals surface area contributed by atoms with E-state index in [0.717, 1.165) is 11.1 Å². The maximum absolute atomic E-state index is 9.54. The van der Waals surface area contributed by atoms with Gasteiger partial charge in [0.1, 0.15) is 5.60 Å². The molecular weight excluding hydrogens is 248 g/mol. The van der Waals surface area contributed by atoms with Gasteiger partial charge in [0.05, 0.1) is 6.61 Å². The van der Waals surface area contributed by atoms with Crippen LogP contribution in [-0.2, 0) is 5.60 Å². The molecule has 2 aromatic carbocycles. The van der Waals surface area contributed by atoms with Gasteiger partial charge < -0.3 is 10.2 Å². The van der Waals surface area contributed by atoms with Crippen LogP contribution in [0.3, 0.4) is 0 Å². The Labute approximate surface area is 121 Å². The minimum absolute atomic E-state index is 0.253. The van der Waals surface area contributed by atoms with Gasteiger partial charge in [0.15, 0.2) is 0 Å². The zero-order chi connectivity index (χ0) is 15.0. The molecule has 0 aliphatic rings. The highest BCUT2D eigenvalue weighted by Crippen LogP contribution is 2.18. The largest absolute Gasteiger partial charge is 0.393 e. The molecule has 0 radical (unpaired) electrons. The molecule has 1 unspecified atom stereocenters. The first kappa shape index (κ1) is 16.2. The maximum Gasteiger partial charge on any atom is 0.110 e. The van der Waals surface area contributed by atoms with Crippen molar-refractivity contribution in [2.75, 3.05) is 6.61 Å². The highest BCUT2D eigenvalue weighted by atomic mass is 16.3. The van der Waals surface area contributed by atoms with Crippen LogP contribution < -0.4 is 0 Å². The fraction of sp³-hybridized carbons (Fsp3) is 0.222. The summed E-state index contributed by atoms with van der Waals surface area (Å²) in [5, 5.41) is 18.3. The summed E-state index contributed by atoms with van der Waals surface area (Å²) in [6, 6.07) is 19.3. The van der Waals surface area contributed by atoms with E-state index in [1.165, 1.54) is 5.56 Å². The predicted molar refractivity (Wildman–Crippen MR) is 84.2 cm³/mol. The van der Waals surface area contributed by atoms with E-state index in [-0.39, 0.29) is 6.61 Å². The number of benzene rings is 2. The zero-order valence-electron chi connectivity index (χ0n) is 12.1. The van der Waals surface area contributed by atoms with E-state index >= 15 is 0 Å². The average molecular weight is 270 g/mol. The highest BCUT2D eigenvalue weighted by Gasteiger charge is 2.20. The Hall–Kier alpha value is -1.90. The van der Waals surface area contributed by atoms with Gasteiger partial charge in [0.2, 0.25) is 0 Å². The minimum atomic E-state index is -1.11. The molecule has 2 nitrogen and oxygen atoms in total. The molecule has 0 spiro atoms. The average Bonchev–Trinajstić information content (AvgIpc) is 2.49. The monoisotopic (exact) mass is 270 g/mol. The van der Waals surface area contributed by atoms with Crippen LogP contribution in [-0.4, -0.2) is 16.8 Å². The summed E-state index contributed by atoms with van der Waals surface area (Å²) in [5.41, 5.74) is 1.97. The molecule has 0 saturated carbocycles. The first-order valence-corrected chi connectivity index (χ1v) is 6.57. The second kappa shape index (κ2) is 7.63. The smallest absolute Gasteiger partial charge is 0.110 e. The summed E-state index contributed by atoms with van der Waals surface area (Å²) in [4.78, 5) is 0. The number of hydrogen-bond acceptors (Lipinski definition) is 2. The van der Waals surface area contributed by atoms with E-state index in [9.17, 15) is 5.11 Å². The molecule has 1 atom stereocenters. The lowest BCUT2D eigenvalue weighted by Gasteiger charge is -2.20. The van der Waals surface area contributed by atoms with E-state index in [1.54, 1.807) is 19.1 Å². The molecule has 0 amide bonds. The molecule has 2 rings (SSSR count). The summed E-state index contributed by atoms with van der Waals surface area (Å²) < 4.78 is 0. The van der Waals surface area contributed by atoms with Crippen molar-refractivity contribution in [2.24, 2.45) is 0 Å². The van der Waals surface area contributed by atoms with Gasteiger partial charge in [0.25, 0.3) is 0 Å². The van der Waals surface area contributed by atoms with Crippen molar-refractivity contribution >= 4 is 5.57 Å². The minimum Gasteiger partial charge on any atom is -0.393 e. The third kappa shape index (κ3) is 5.00. The molecule has 0 aliphatic carbocycles. The van der Waals surface area contributed by atoms with Crippen molar-refractivity contribution in [3.05, 3.63) is 78.4 Å². The van der Waals surface area contributed by atoms with Crippen molar-refractivity contribution in [2.45, 2.75) is 19.4 Å². The predicted octanol–water partition coefficient (Wildman–Crippen LogP) is 3.61. The van der Waals surface area contributed by atoms with Crippen LogP contribution >= 0.6 is 0 Å². The lowest BCUT2D eigenvalue weighted by molar-refractivity contribution is -0.00228. The van der Waals surface area contributed by atoms with Gasteiger partial charge >= 0.3 is 0 Å². The Morgan fingerprint density at radius 1 is 1.00 bits per heavy atom. The Bertz CT molecular complexity index is 516. The third-order valence-corrected chi connectivity index (χ3v) is 2.97. The molecule has 0 heterocycles. The fourth-order valence-electron chi connectivity index (χ4n) is 1.61. The molecule has 2 aromatic rings. The summed E-state index contributed by atoms with van der Waals surface area (Å²) in [7, 11) is 0. The molecule has 106 valence electrons. The Balaban J connectivity index is 0.000000204. The lowest BCUT2D eigenvalue weighted by atomic mass is 9.97. The normalized spacial score (nSPS) is 12.8. The summed E-state index contributed by atoms with van der Waals surface area (Å²) in [6.45, 7) is 7.17. The van der Waals surface area contributed by atoms with Crippen molar-refractivity contribution in [1.29, 1.82) is 0 Å². The van der Waals surface area contributed by atoms with Crippen LogP contribution in [0.4, 0.5) is 0 Å². The van der Waals surface area contributed by atoms with E-state index < -0.39 is 5.60 Å².